The van der Waals surface area contributed by atoms with Crippen molar-refractivity contribution in [1.82, 2.24) is 19.6 Å². The van der Waals surface area contributed by atoms with Crippen LogP contribution in [0.3, 0.4) is 0 Å². The van der Waals surface area contributed by atoms with Crippen LogP contribution >= 0.6 is 11.3 Å². The van der Waals surface area contributed by atoms with Gasteiger partial charge in [-0.3, -0.25) is 9.30 Å². The Balaban J connectivity index is 1.47. The summed E-state index contributed by atoms with van der Waals surface area (Å²) in [5, 5.41) is 5.68. The molecule has 0 amide bonds. The van der Waals surface area contributed by atoms with Crippen molar-refractivity contribution in [3.05, 3.63) is 59.4 Å². The van der Waals surface area contributed by atoms with Gasteiger partial charge in [-0.1, -0.05) is 30.3 Å². The number of fused-ring (bicyclic) bond motifs is 1. The first-order valence-electron chi connectivity index (χ1n) is 7.30. The number of aromatic nitrogens is 2. The third kappa shape index (κ3) is 2.72. The smallest absolute Gasteiger partial charge is 0.193 e. The van der Waals surface area contributed by atoms with E-state index < -0.39 is 0 Å². The summed E-state index contributed by atoms with van der Waals surface area (Å²) >= 11 is 1.69. The largest absolute Gasteiger partial charge is 0.308 e. The molecule has 1 aromatic carbocycles. The van der Waals surface area contributed by atoms with E-state index in [0.29, 0.717) is 6.04 Å². The first-order valence-corrected chi connectivity index (χ1v) is 8.18. The number of nitrogens with zero attached hydrogens (tertiary/aromatic N) is 3. The molecule has 3 heterocycles. The number of hydrogen-bond acceptors (Lipinski definition) is 4. The fourth-order valence-corrected chi connectivity index (χ4v) is 3.66. The third-order valence-electron chi connectivity index (χ3n) is 3.99. The molecule has 1 unspecified atom stereocenters. The molecular formula is C16H18N4S. The van der Waals surface area contributed by atoms with Gasteiger partial charge in [0, 0.05) is 50.0 Å². The molecule has 3 aromatic rings. The Morgan fingerprint density at radius 3 is 3.05 bits per heavy atom. The molecule has 1 aliphatic heterocycles. The summed E-state index contributed by atoms with van der Waals surface area (Å²) in [7, 11) is 0. The molecule has 2 aromatic heterocycles. The molecule has 4 rings (SSSR count). The molecule has 4 nitrogen and oxygen atoms in total. The predicted octanol–water partition coefficient (Wildman–Crippen LogP) is 2.54. The van der Waals surface area contributed by atoms with Crippen LogP contribution in [0.2, 0.25) is 0 Å². The minimum Gasteiger partial charge on any atom is -0.308 e. The van der Waals surface area contributed by atoms with Crippen molar-refractivity contribution < 1.29 is 0 Å². The summed E-state index contributed by atoms with van der Waals surface area (Å²) in [5.41, 5.74) is 2.53. The SMILES string of the molecule is c1ccc(C2CN(Cc3cn4ccsc4n3)CCN2)cc1. The van der Waals surface area contributed by atoms with Crippen LogP contribution in [0.4, 0.5) is 0 Å². The standard InChI is InChI=1S/C16H18N4S/c1-2-4-13(5-3-1)15-12-19(7-6-17-15)10-14-11-20-8-9-21-16(20)18-14/h1-5,8-9,11,15,17H,6-7,10,12H2. The molecule has 1 saturated heterocycles. The van der Waals surface area contributed by atoms with Crippen molar-refractivity contribution in [2.45, 2.75) is 12.6 Å². The van der Waals surface area contributed by atoms with Crippen LogP contribution in [0.15, 0.2) is 48.1 Å². The highest BCUT2D eigenvalue weighted by molar-refractivity contribution is 7.15. The van der Waals surface area contributed by atoms with Gasteiger partial charge in [0.2, 0.25) is 0 Å². The second kappa shape index (κ2) is 5.60. The van der Waals surface area contributed by atoms with E-state index in [1.165, 1.54) is 5.56 Å². The van der Waals surface area contributed by atoms with Crippen LogP contribution < -0.4 is 5.32 Å². The molecule has 5 heteroatoms. The van der Waals surface area contributed by atoms with Gasteiger partial charge in [-0.15, -0.1) is 11.3 Å². The van der Waals surface area contributed by atoms with E-state index in [0.717, 1.165) is 36.8 Å². The number of nitrogens with one attached hydrogen (secondary N) is 1. The summed E-state index contributed by atoms with van der Waals surface area (Å²) in [4.78, 5) is 8.25. The van der Waals surface area contributed by atoms with Gasteiger partial charge in [0.15, 0.2) is 4.96 Å². The van der Waals surface area contributed by atoms with E-state index in [1.54, 1.807) is 11.3 Å². The van der Waals surface area contributed by atoms with E-state index in [4.69, 9.17) is 0 Å². The van der Waals surface area contributed by atoms with Gasteiger partial charge in [-0.05, 0) is 5.56 Å². The lowest BCUT2D eigenvalue weighted by Gasteiger charge is -2.33. The molecule has 1 N–H and O–H groups in total. The van der Waals surface area contributed by atoms with E-state index in [2.05, 4.69) is 67.7 Å². The predicted molar refractivity (Wildman–Crippen MR) is 85.5 cm³/mol. The van der Waals surface area contributed by atoms with E-state index in [9.17, 15) is 0 Å². The zero-order chi connectivity index (χ0) is 14.1. The van der Waals surface area contributed by atoms with Gasteiger partial charge in [0.1, 0.15) is 0 Å². The Morgan fingerprint density at radius 2 is 2.19 bits per heavy atom. The second-order valence-corrected chi connectivity index (χ2v) is 6.35. The Hall–Kier alpha value is -1.69. The van der Waals surface area contributed by atoms with Gasteiger partial charge in [-0.2, -0.15) is 0 Å². The summed E-state index contributed by atoms with van der Waals surface area (Å²) in [6.07, 6.45) is 4.21. The normalized spacial score (nSPS) is 20.1. The average molecular weight is 298 g/mol. The van der Waals surface area contributed by atoms with Gasteiger partial charge in [-0.25, -0.2) is 4.98 Å². The minimum absolute atomic E-state index is 0.420. The molecule has 0 aliphatic carbocycles. The number of hydrogen-bond donors (Lipinski definition) is 1. The quantitative estimate of drug-likeness (QED) is 0.806. The van der Waals surface area contributed by atoms with Crippen LogP contribution in [0.5, 0.6) is 0 Å². The van der Waals surface area contributed by atoms with Crippen molar-refractivity contribution in [2.75, 3.05) is 19.6 Å². The van der Waals surface area contributed by atoms with Crippen molar-refractivity contribution in [2.24, 2.45) is 0 Å². The van der Waals surface area contributed by atoms with E-state index >= 15 is 0 Å². The number of imidazole rings is 1. The molecule has 0 saturated carbocycles. The fraction of sp³-hybridized carbons (Fsp3) is 0.312. The molecule has 21 heavy (non-hydrogen) atoms. The number of benzene rings is 1. The minimum atomic E-state index is 0.420. The van der Waals surface area contributed by atoms with E-state index in [1.807, 2.05) is 0 Å². The first-order chi connectivity index (χ1) is 10.4. The molecule has 0 radical (unpaired) electrons. The zero-order valence-electron chi connectivity index (χ0n) is 11.8. The molecule has 108 valence electrons. The summed E-state index contributed by atoms with van der Waals surface area (Å²) < 4.78 is 2.11. The lowest BCUT2D eigenvalue weighted by molar-refractivity contribution is 0.191. The first kappa shape index (κ1) is 13.0. The Bertz CT molecular complexity index is 690. The van der Waals surface area contributed by atoms with Crippen LogP contribution in [0, 0.1) is 0 Å². The van der Waals surface area contributed by atoms with Crippen molar-refractivity contribution in [3.8, 4) is 0 Å². The lowest BCUT2D eigenvalue weighted by Crippen LogP contribution is -2.45. The third-order valence-corrected chi connectivity index (χ3v) is 4.76. The molecule has 0 bridgehead atoms. The topological polar surface area (TPSA) is 32.6 Å². The lowest BCUT2D eigenvalue weighted by atomic mass is 10.0. The highest BCUT2D eigenvalue weighted by Crippen LogP contribution is 2.19. The maximum Gasteiger partial charge on any atom is 0.193 e. The molecule has 0 spiro atoms. The summed E-state index contributed by atoms with van der Waals surface area (Å²) in [5.74, 6) is 0. The Labute approximate surface area is 128 Å². The van der Waals surface area contributed by atoms with Crippen LogP contribution in [-0.2, 0) is 6.54 Å². The Kier molecular flexibility index (Phi) is 3.47. The second-order valence-electron chi connectivity index (χ2n) is 5.48. The van der Waals surface area contributed by atoms with Crippen molar-refractivity contribution in [3.63, 3.8) is 0 Å². The average Bonchev–Trinajstić information content (AvgIpc) is 3.10. The molecule has 1 aliphatic rings. The van der Waals surface area contributed by atoms with Crippen LogP contribution in [0.25, 0.3) is 4.96 Å². The fourth-order valence-electron chi connectivity index (χ4n) is 2.94. The highest BCUT2D eigenvalue weighted by Gasteiger charge is 2.21. The van der Waals surface area contributed by atoms with Crippen molar-refractivity contribution in [1.29, 1.82) is 0 Å². The van der Waals surface area contributed by atoms with Gasteiger partial charge < -0.3 is 5.32 Å². The van der Waals surface area contributed by atoms with Crippen LogP contribution in [-0.4, -0.2) is 33.9 Å². The molecule has 1 atom stereocenters. The van der Waals surface area contributed by atoms with Gasteiger partial charge >= 0.3 is 0 Å². The monoisotopic (exact) mass is 298 g/mol. The summed E-state index contributed by atoms with van der Waals surface area (Å²) in [6, 6.07) is 11.1. The number of rotatable bonds is 3. The summed E-state index contributed by atoms with van der Waals surface area (Å²) in [6.45, 7) is 4.07. The van der Waals surface area contributed by atoms with Gasteiger partial charge in [0.25, 0.3) is 0 Å². The van der Waals surface area contributed by atoms with E-state index in [-0.39, 0.29) is 0 Å². The van der Waals surface area contributed by atoms with Gasteiger partial charge in [0.05, 0.1) is 5.69 Å². The Morgan fingerprint density at radius 1 is 1.29 bits per heavy atom. The molecule has 1 fully saturated rings. The van der Waals surface area contributed by atoms with Crippen LogP contribution in [0.1, 0.15) is 17.3 Å². The number of thiazole rings is 1. The maximum absolute atomic E-state index is 4.68. The number of piperazine rings is 1. The van der Waals surface area contributed by atoms with Crippen molar-refractivity contribution >= 4 is 16.3 Å². The highest BCUT2D eigenvalue weighted by atomic mass is 32.1. The zero-order valence-corrected chi connectivity index (χ0v) is 12.6. The maximum atomic E-state index is 4.68. The molecular weight excluding hydrogens is 280 g/mol.